The van der Waals surface area contributed by atoms with Crippen molar-refractivity contribution in [1.29, 1.82) is 0 Å². The second kappa shape index (κ2) is 10.9. The quantitative estimate of drug-likeness (QED) is 0.451. The van der Waals surface area contributed by atoms with Gasteiger partial charge in [0, 0.05) is 34.8 Å². The number of rotatable bonds is 9. The van der Waals surface area contributed by atoms with Crippen LogP contribution >= 0.6 is 23.2 Å². The van der Waals surface area contributed by atoms with E-state index >= 15 is 0 Å². The monoisotopic (exact) mass is 451 g/mol. The Bertz CT molecular complexity index is 936. The predicted octanol–water partition coefficient (Wildman–Crippen LogP) is 4.39. The minimum Gasteiger partial charge on any atom is -0.354 e. The van der Waals surface area contributed by atoms with Gasteiger partial charge in [0.1, 0.15) is 6.04 Å². The highest BCUT2D eigenvalue weighted by Gasteiger charge is 2.28. The maximum atomic E-state index is 13.1. The predicted molar refractivity (Wildman–Crippen MR) is 117 cm³/mol. The molecule has 7 nitrogen and oxygen atoms in total. The van der Waals surface area contributed by atoms with Gasteiger partial charge in [-0.1, -0.05) is 54.4 Å². The minimum absolute atomic E-state index is 0.0657. The lowest BCUT2D eigenvalue weighted by atomic mass is 10.1. The van der Waals surface area contributed by atoms with Crippen LogP contribution in [0.1, 0.15) is 31.4 Å². The molecule has 30 heavy (non-hydrogen) atoms. The fraction of sp³-hybridized carbons (Fsp3) is 0.333. The molecule has 0 fully saturated rings. The molecule has 1 atom stereocenters. The number of para-hydroxylation sites is 1. The number of carbonyl (C=O) groups excluding carboxylic acids is 2. The number of benzene rings is 2. The van der Waals surface area contributed by atoms with E-state index in [1.54, 1.807) is 31.2 Å². The molecule has 9 heteroatoms. The van der Waals surface area contributed by atoms with Crippen molar-refractivity contribution in [2.75, 3.05) is 6.54 Å². The summed E-state index contributed by atoms with van der Waals surface area (Å²) >= 11 is 12.2. The molecule has 0 spiro atoms. The standard InChI is InChI=1S/C21H23Cl2N3O4/c1-3-10-24-21(28)14(2)25(13-16-8-9-17(22)12-18(16)23)20(27)11-15-6-4-5-7-19(15)26(29)30/h4-9,12,14H,3,10-11,13H2,1-2H3,(H,24,28)/t14-/m1/s1. The van der Waals surface area contributed by atoms with E-state index in [0.29, 0.717) is 22.2 Å². The molecule has 0 aliphatic carbocycles. The second-order valence-electron chi connectivity index (χ2n) is 6.79. The first-order valence-electron chi connectivity index (χ1n) is 9.48. The topological polar surface area (TPSA) is 92.6 Å². The Balaban J connectivity index is 2.33. The molecule has 0 radical (unpaired) electrons. The van der Waals surface area contributed by atoms with Gasteiger partial charge >= 0.3 is 0 Å². The van der Waals surface area contributed by atoms with Crippen molar-refractivity contribution in [3.63, 3.8) is 0 Å². The molecule has 2 amide bonds. The molecule has 0 unspecified atom stereocenters. The third-order valence-electron chi connectivity index (χ3n) is 4.60. The smallest absolute Gasteiger partial charge is 0.273 e. The molecule has 0 bridgehead atoms. The average Bonchev–Trinajstić information content (AvgIpc) is 2.71. The van der Waals surface area contributed by atoms with Crippen molar-refractivity contribution in [2.45, 2.75) is 39.3 Å². The molecule has 0 aromatic heterocycles. The number of amides is 2. The summed E-state index contributed by atoms with van der Waals surface area (Å²) in [6.45, 7) is 4.09. The molecule has 0 saturated heterocycles. The van der Waals surface area contributed by atoms with Crippen LogP contribution in [-0.2, 0) is 22.6 Å². The van der Waals surface area contributed by atoms with Gasteiger partial charge in [0.05, 0.1) is 11.3 Å². The molecule has 0 aliphatic rings. The van der Waals surface area contributed by atoms with Crippen molar-refractivity contribution in [2.24, 2.45) is 0 Å². The number of nitrogens with one attached hydrogen (secondary N) is 1. The second-order valence-corrected chi connectivity index (χ2v) is 7.63. The summed E-state index contributed by atoms with van der Waals surface area (Å²) in [5.41, 5.74) is 0.756. The Morgan fingerprint density at radius 2 is 1.87 bits per heavy atom. The van der Waals surface area contributed by atoms with Crippen LogP contribution in [0.2, 0.25) is 10.0 Å². The van der Waals surface area contributed by atoms with Crippen molar-refractivity contribution in [1.82, 2.24) is 10.2 Å². The van der Waals surface area contributed by atoms with Gasteiger partial charge in [-0.2, -0.15) is 0 Å². The number of hydrogen-bond donors (Lipinski definition) is 1. The summed E-state index contributed by atoms with van der Waals surface area (Å²) in [6.07, 6.45) is 0.541. The van der Waals surface area contributed by atoms with Gasteiger partial charge in [-0.3, -0.25) is 19.7 Å². The van der Waals surface area contributed by atoms with E-state index in [1.807, 2.05) is 6.92 Å². The van der Waals surface area contributed by atoms with Crippen LogP contribution in [-0.4, -0.2) is 34.2 Å². The fourth-order valence-corrected chi connectivity index (χ4v) is 3.38. The first kappa shape index (κ1) is 23.6. The van der Waals surface area contributed by atoms with Crippen LogP contribution in [0.4, 0.5) is 5.69 Å². The summed E-state index contributed by atoms with van der Waals surface area (Å²) in [4.78, 5) is 37.8. The zero-order valence-electron chi connectivity index (χ0n) is 16.7. The number of halogens is 2. The van der Waals surface area contributed by atoms with Crippen LogP contribution in [0.3, 0.4) is 0 Å². The summed E-state index contributed by atoms with van der Waals surface area (Å²) in [5.74, 6) is -0.729. The number of nitrogens with zero attached hydrogens (tertiary/aromatic N) is 2. The molecule has 0 aliphatic heterocycles. The molecule has 2 rings (SSSR count). The lowest BCUT2D eigenvalue weighted by Gasteiger charge is -2.29. The van der Waals surface area contributed by atoms with E-state index in [1.165, 1.54) is 23.1 Å². The van der Waals surface area contributed by atoms with Gasteiger partial charge in [-0.15, -0.1) is 0 Å². The highest BCUT2D eigenvalue weighted by molar-refractivity contribution is 6.35. The van der Waals surface area contributed by atoms with Crippen molar-refractivity contribution in [3.8, 4) is 0 Å². The van der Waals surface area contributed by atoms with Gasteiger partial charge in [0.15, 0.2) is 0 Å². The van der Waals surface area contributed by atoms with Crippen molar-refractivity contribution < 1.29 is 14.5 Å². The molecule has 0 heterocycles. The van der Waals surface area contributed by atoms with Gasteiger partial charge < -0.3 is 10.2 Å². The maximum Gasteiger partial charge on any atom is 0.273 e. The summed E-state index contributed by atoms with van der Waals surface area (Å²) in [7, 11) is 0. The normalized spacial score (nSPS) is 11.6. The SMILES string of the molecule is CCCNC(=O)[C@@H](C)N(Cc1ccc(Cl)cc1Cl)C(=O)Cc1ccccc1[N+](=O)[O-]. The average molecular weight is 452 g/mol. The third-order valence-corrected chi connectivity index (χ3v) is 5.19. The van der Waals surface area contributed by atoms with Crippen LogP contribution in [0.15, 0.2) is 42.5 Å². The van der Waals surface area contributed by atoms with Gasteiger partial charge in [-0.05, 0) is 31.0 Å². The van der Waals surface area contributed by atoms with Gasteiger partial charge in [-0.25, -0.2) is 0 Å². The Hall–Kier alpha value is -2.64. The van der Waals surface area contributed by atoms with Crippen molar-refractivity contribution in [3.05, 3.63) is 73.8 Å². The number of nitro benzene ring substituents is 1. The van der Waals surface area contributed by atoms with E-state index in [0.717, 1.165) is 6.42 Å². The van der Waals surface area contributed by atoms with Gasteiger partial charge in [0.25, 0.3) is 5.69 Å². The zero-order valence-corrected chi connectivity index (χ0v) is 18.2. The number of hydrogen-bond acceptors (Lipinski definition) is 4. The highest BCUT2D eigenvalue weighted by Crippen LogP contribution is 2.24. The van der Waals surface area contributed by atoms with Crippen LogP contribution in [0.5, 0.6) is 0 Å². The van der Waals surface area contributed by atoms with Gasteiger partial charge in [0.2, 0.25) is 11.8 Å². The number of nitro groups is 1. The minimum atomic E-state index is -0.793. The van der Waals surface area contributed by atoms with E-state index < -0.39 is 16.9 Å². The van der Waals surface area contributed by atoms with Crippen LogP contribution in [0, 0.1) is 10.1 Å². The van der Waals surface area contributed by atoms with E-state index in [9.17, 15) is 19.7 Å². The maximum absolute atomic E-state index is 13.1. The molecular weight excluding hydrogens is 429 g/mol. The highest BCUT2D eigenvalue weighted by atomic mass is 35.5. The Morgan fingerprint density at radius 3 is 2.50 bits per heavy atom. The van der Waals surface area contributed by atoms with Crippen LogP contribution in [0.25, 0.3) is 0 Å². The Kier molecular flexibility index (Phi) is 8.62. The zero-order chi connectivity index (χ0) is 22.3. The Morgan fingerprint density at radius 1 is 1.17 bits per heavy atom. The van der Waals surface area contributed by atoms with E-state index in [2.05, 4.69) is 5.32 Å². The first-order chi connectivity index (χ1) is 14.2. The van der Waals surface area contributed by atoms with Crippen LogP contribution < -0.4 is 5.32 Å². The van der Waals surface area contributed by atoms with E-state index in [4.69, 9.17) is 23.2 Å². The molecule has 2 aromatic carbocycles. The summed E-state index contributed by atoms with van der Waals surface area (Å²) < 4.78 is 0. The third kappa shape index (κ3) is 6.18. The lowest BCUT2D eigenvalue weighted by Crippen LogP contribution is -2.48. The first-order valence-corrected chi connectivity index (χ1v) is 10.2. The molecule has 160 valence electrons. The van der Waals surface area contributed by atoms with Crippen molar-refractivity contribution >= 4 is 40.7 Å². The number of carbonyl (C=O) groups is 2. The molecule has 1 N–H and O–H groups in total. The summed E-state index contributed by atoms with van der Waals surface area (Å²) in [5, 5.41) is 14.9. The van der Waals surface area contributed by atoms with E-state index in [-0.39, 0.29) is 30.1 Å². The Labute approximate surface area is 185 Å². The lowest BCUT2D eigenvalue weighted by molar-refractivity contribution is -0.385. The molecule has 2 aromatic rings. The molecular formula is C21H23Cl2N3O4. The largest absolute Gasteiger partial charge is 0.354 e. The molecule has 0 saturated carbocycles. The fourth-order valence-electron chi connectivity index (χ4n) is 2.91. The summed E-state index contributed by atoms with van der Waals surface area (Å²) in [6, 6.07) is 10.2.